The van der Waals surface area contributed by atoms with Crippen LogP contribution in [0.3, 0.4) is 0 Å². The molecule has 0 aromatic rings. The molecule has 0 saturated carbocycles. The number of ether oxygens (including phenoxy) is 3. The van der Waals surface area contributed by atoms with Gasteiger partial charge in [0.1, 0.15) is 12.1 Å². The molecule has 1 atom stereocenters. The van der Waals surface area contributed by atoms with Crippen LogP contribution >= 0.6 is 0 Å². The van der Waals surface area contributed by atoms with Crippen LogP contribution < -0.4 is 5.73 Å². The standard InChI is InChI=1S/C9H17NO4/c1-12-4-2-3-8(10)9(11)14-7-5-13-6-7/h7-8H,2-6,10H2,1H3. The maximum atomic E-state index is 11.3. The molecule has 0 bridgehead atoms. The van der Waals surface area contributed by atoms with Crippen LogP contribution in [-0.2, 0) is 19.0 Å². The predicted octanol–water partition coefficient (Wildman–Crippen LogP) is -0.318. The molecule has 14 heavy (non-hydrogen) atoms. The van der Waals surface area contributed by atoms with E-state index in [0.29, 0.717) is 26.2 Å². The van der Waals surface area contributed by atoms with E-state index in [4.69, 9.17) is 19.9 Å². The molecule has 1 unspecified atom stereocenters. The van der Waals surface area contributed by atoms with Crippen LogP contribution in [0.4, 0.5) is 0 Å². The van der Waals surface area contributed by atoms with Gasteiger partial charge in [-0.3, -0.25) is 4.79 Å². The smallest absolute Gasteiger partial charge is 0.323 e. The number of rotatable bonds is 6. The lowest BCUT2D eigenvalue weighted by molar-refractivity contribution is -0.173. The van der Waals surface area contributed by atoms with Crippen molar-refractivity contribution >= 4 is 5.97 Å². The molecule has 2 N–H and O–H groups in total. The Kier molecular flexibility index (Phi) is 4.86. The topological polar surface area (TPSA) is 70.8 Å². The van der Waals surface area contributed by atoms with Gasteiger partial charge in [-0.1, -0.05) is 0 Å². The van der Waals surface area contributed by atoms with Gasteiger partial charge in [-0.2, -0.15) is 0 Å². The van der Waals surface area contributed by atoms with Crippen LogP contribution in [0.5, 0.6) is 0 Å². The van der Waals surface area contributed by atoms with E-state index in [1.165, 1.54) is 0 Å². The van der Waals surface area contributed by atoms with E-state index in [1.807, 2.05) is 0 Å². The summed E-state index contributed by atoms with van der Waals surface area (Å²) in [6.07, 6.45) is 1.28. The van der Waals surface area contributed by atoms with Gasteiger partial charge in [0.05, 0.1) is 13.2 Å². The first-order chi connectivity index (χ1) is 6.74. The van der Waals surface area contributed by atoms with Crippen LogP contribution in [0.25, 0.3) is 0 Å². The maximum Gasteiger partial charge on any atom is 0.323 e. The van der Waals surface area contributed by atoms with Gasteiger partial charge in [0.25, 0.3) is 0 Å². The predicted molar refractivity (Wildman–Crippen MR) is 49.8 cm³/mol. The first kappa shape index (κ1) is 11.4. The largest absolute Gasteiger partial charge is 0.456 e. The summed E-state index contributed by atoms with van der Waals surface area (Å²) in [5.74, 6) is -0.339. The Labute approximate surface area is 83.5 Å². The van der Waals surface area contributed by atoms with Crippen molar-refractivity contribution in [2.45, 2.75) is 25.0 Å². The van der Waals surface area contributed by atoms with Gasteiger partial charge in [-0.25, -0.2) is 0 Å². The lowest BCUT2D eigenvalue weighted by atomic mass is 10.2. The fraction of sp³-hybridized carbons (Fsp3) is 0.889. The Morgan fingerprint density at radius 2 is 2.36 bits per heavy atom. The molecule has 0 spiro atoms. The summed E-state index contributed by atoms with van der Waals surface area (Å²) in [4.78, 5) is 11.3. The summed E-state index contributed by atoms with van der Waals surface area (Å²) < 4.78 is 14.8. The molecule has 0 aromatic carbocycles. The zero-order chi connectivity index (χ0) is 10.4. The number of esters is 1. The van der Waals surface area contributed by atoms with Gasteiger partial charge in [-0.05, 0) is 12.8 Å². The van der Waals surface area contributed by atoms with Gasteiger partial charge >= 0.3 is 5.97 Å². The summed E-state index contributed by atoms with van der Waals surface area (Å²) in [5, 5.41) is 0. The van der Waals surface area contributed by atoms with Crippen LogP contribution in [0, 0.1) is 0 Å². The summed E-state index contributed by atoms with van der Waals surface area (Å²) in [7, 11) is 1.62. The van der Waals surface area contributed by atoms with Gasteiger partial charge in [-0.15, -0.1) is 0 Å². The Hall–Kier alpha value is -0.650. The van der Waals surface area contributed by atoms with Crippen molar-refractivity contribution in [3.8, 4) is 0 Å². The van der Waals surface area contributed by atoms with E-state index >= 15 is 0 Å². The van der Waals surface area contributed by atoms with Gasteiger partial charge in [0.2, 0.25) is 0 Å². The van der Waals surface area contributed by atoms with Crippen molar-refractivity contribution in [2.75, 3.05) is 26.9 Å². The first-order valence-corrected chi connectivity index (χ1v) is 4.76. The average Bonchev–Trinajstić information content (AvgIpc) is 2.11. The molecule has 1 heterocycles. The molecule has 1 aliphatic rings. The average molecular weight is 203 g/mol. The van der Waals surface area contributed by atoms with Crippen molar-refractivity contribution in [3.63, 3.8) is 0 Å². The highest BCUT2D eigenvalue weighted by Crippen LogP contribution is 2.07. The second kappa shape index (κ2) is 5.95. The van der Waals surface area contributed by atoms with Crippen LogP contribution in [-0.4, -0.2) is 45.0 Å². The highest BCUT2D eigenvalue weighted by Gasteiger charge is 2.25. The number of carbonyl (C=O) groups is 1. The number of nitrogens with two attached hydrogens (primary N) is 1. The minimum absolute atomic E-state index is 0.0871. The second-order valence-corrected chi connectivity index (χ2v) is 3.34. The fourth-order valence-corrected chi connectivity index (χ4v) is 1.10. The number of methoxy groups -OCH3 is 1. The molecule has 0 radical (unpaired) electrons. The van der Waals surface area contributed by atoms with E-state index in [1.54, 1.807) is 7.11 Å². The minimum atomic E-state index is -0.536. The van der Waals surface area contributed by atoms with E-state index in [-0.39, 0.29) is 12.1 Å². The quantitative estimate of drug-likeness (QED) is 0.473. The number of carbonyl (C=O) groups excluding carboxylic acids is 1. The molecule has 1 aliphatic heterocycles. The third-order valence-corrected chi connectivity index (χ3v) is 2.06. The van der Waals surface area contributed by atoms with Crippen molar-refractivity contribution in [3.05, 3.63) is 0 Å². The highest BCUT2D eigenvalue weighted by molar-refractivity contribution is 5.75. The molecule has 5 nitrogen and oxygen atoms in total. The van der Waals surface area contributed by atoms with Gasteiger partial charge < -0.3 is 19.9 Å². The van der Waals surface area contributed by atoms with E-state index in [2.05, 4.69) is 0 Å². The molecule has 0 amide bonds. The second-order valence-electron chi connectivity index (χ2n) is 3.34. The van der Waals surface area contributed by atoms with Crippen LogP contribution in [0.15, 0.2) is 0 Å². The van der Waals surface area contributed by atoms with Gasteiger partial charge in [0, 0.05) is 13.7 Å². The highest BCUT2D eigenvalue weighted by atomic mass is 16.6. The molecule has 0 aromatic heterocycles. The number of hydrogen-bond donors (Lipinski definition) is 1. The van der Waals surface area contributed by atoms with Crippen molar-refractivity contribution < 1.29 is 19.0 Å². The normalized spacial score (nSPS) is 18.7. The lowest BCUT2D eigenvalue weighted by Gasteiger charge is -2.26. The monoisotopic (exact) mass is 203 g/mol. The Balaban J connectivity index is 2.08. The molecule has 82 valence electrons. The molecular weight excluding hydrogens is 186 g/mol. The third kappa shape index (κ3) is 3.61. The molecule has 1 fully saturated rings. The molecule has 1 saturated heterocycles. The molecule has 0 aliphatic carbocycles. The van der Waals surface area contributed by atoms with Crippen LogP contribution in [0.2, 0.25) is 0 Å². The first-order valence-electron chi connectivity index (χ1n) is 4.76. The van der Waals surface area contributed by atoms with Crippen molar-refractivity contribution in [2.24, 2.45) is 5.73 Å². The third-order valence-electron chi connectivity index (χ3n) is 2.06. The van der Waals surface area contributed by atoms with Crippen LogP contribution in [0.1, 0.15) is 12.8 Å². The maximum absolute atomic E-state index is 11.3. The molecule has 5 heteroatoms. The van der Waals surface area contributed by atoms with E-state index in [0.717, 1.165) is 6.42 Å². The van der Waals surface area contributed by atoms with E-state index < -0.39 is 6.04 Å². The summed E-state index contributed by atoms with van der Waals surface area (Å²) in [6.45, 7) is 1.61. The van der Waals surface area contributed by atoms with Gasteiger partial charge in [0.15, 0.2) is 0 Å². The molecule has 1 rings (SSSR count). The zero-order valence-electron chi connectivity index (χ0n) is 8.40. The Morgan fingerprint density at radius 1 is 1.64 bits per heavy atom. The van der Waals surface area contributed by atoms with Crippen molar-refractivity contribution in [1.29, 1.82) is 0 Å². The minimum Gasteiger partial charge on any atom is -0.456 e. The Bertz CT molecular complexity index is 182. The fourth-order valence-electron chi connectivity index (χ4n) is 1.10. The Morgan fingerprint density at radius 3 is 2.86 bits per heavy atom. The molecular formula is C9H17NO4. The lowest BCUT2D eigenvalue weighted by Crippen LogP contribution is -2.42. The number of hydrogen-bond acceptors (Lipinski definition) is 5. The van der Waals surface area contributed by atoms with Crippen molar-refractivity contribution in [1.82, 2.24) is 0 Å². The van der Waals surface area contributed by atoms with E-state index in [9.17, 15) is 4.79 Å². The summed E-state index contributed by atoms with van der Waals surface area (Å²) >= 11 is 0. The zero-order valence-corrected chi connectivity index (χ0v) is 8.40. The SMILES string of the molecule is COCCCC(N)C(=O)OC1COC1. The summed E-state index contributed by atoms with van der Waals surface area (Å²) in [6, 6.07) is -0.536. The summed E-state index contributed by atoms with van der Waals surface area (Å²) in [5.41, 5.74) is 5.61.